The zero-order valence-corrected chi connectivity index (χ0v) is 14.8. The smallest absolute Gasteiger partial charge is 0.255 e. The number of rotatable bonds is 5. The third kappa shape index (κ3) is 3.91. The van der Waals surface area contributed by atoms with Crippen LogP contribution in [0, 0.1) is 0 Å². The highest BCUT2D eigenvalue weighted by molar-refractivity contribution is 6.31. The molecule has 0 bridgehead atoms. The van der Waals surface area contributed by atoms with E-state index in [0.29, 0.717) is 40.2 Å². The quantitative estimate of drug-likeness (QED) is 0.537. The second-order valence-electron chi connectivity index (χ2n) is 5.79. The maximum Gasteiger partial charge on any atom is 0.255 e. The van der Waals surface area contributed by atoms with Crippen LogP contribution in [-0.4, -0.2) is 16.0 Å². The van der Waals surface area contributed by atoms with Crippen molar-refractivity contribution >= 4 is 23.2 Å². The summed E-state index contributed by atoms with van der Waals surface area (Å²) in [5.74, 6) is 1.10. The summed E-state index contributed by atoms with van der Waals surface area (Å²) in [5.41, 5.74) is 2.00. The number of carbonyl (C=O) groups is 1. The number of anilines is 1. The maximum absolute atomic E-state index is 12.5. The van der Waals surface area contributed by atoms with Gasteiger partial charge in [0.05, 0.1) is 12.7 Å². The van der Waals surface area contributed by atoms with E-state index >= 15 is 0 Å². The van der Waals surface area contributed by atoms with Crippen molar-refractivity contribution in [2.24, 2.45) is 0 Å². The summed E-state index contributed by atoms with van der Waals surface area (Å²) in [6.07, 6.45) is 1.92. The molecule has 2 aromatic carbocycles. The normalized spacial score (nSPS) is 10.7. The topological polar surface area (TPSA) is 81.2 Å². The van der Waals surface area contributed by atoms with E-state index in [-0.39, 0.29) is 5.91 Å². The van der Waals surface area contributed by atoms with Crippen LogP contribution in [0.1, 0.15) is 21.8 Å². The number of amides is 1. The fourth-order valence-electron chi connectivity index (χ4n) is 2.62. The largest absolute Gasteiger partial charge is 0.461 e. The zero-order chi connectivity index (χ0) is 18.6. The van der Waals surface area contributed by atoms with Crippen molar-refractivity contribution in [3.8, 4) is 11.6 Å². The molecule has 6 nitrogen and oxygen atoms in total. The third-order valence-electron chi connectivity index (χ3n) is 3.90. The number of halogens is 1. The lowest BCUT2D eigenvalue weighted by atomic mass is 10.1. The average Bonchev–Trinajstić information content (AvgIpc) is 3.35. The fraction of sp³-hybridized carbons (Fsp3) is 0.0500. The van der Waals surface area contributed by atoms with Gasteiger partial charge in [-0.05, 0) is 42.0 Å². The van der Waals surface area contributed by atoms with Gasteiger partial charge in [-0.3, -0.25) is 4.79 Å². The monoisotopic (exact) mass is 379 g/mol. The number of nitrogens with one attached hydrogen (secondary N) is 1. The Morgan fingerprint density at radius 3 is 2.78 bits per heavy atom. The highest BCUT2D eigenvalue weighted by Gasteiger charge is 2.14. The Morgan fingerprint density at radius 1 is 1.07 bits per heavy atom. The lowest BCUT2D eigenvalue weighted by molar-refractivity contribution is 0.102. The number of furan rings is 1. The van der Waals surface area contributed by atoms with Gasteiger partial charge < -0.3 is 14.3 Å². The van der Waals surface area contributed by atoms with Crippen LogP contribution in [0.4, 0.5) is 5.69 Å². The first-order valence-electron chi connectivity index (χ1n) is 8.20. The number of hydrogen-bond acceptors (Lipinski definition) is 5. The summed E-state index contributed by atoms with van der Waals surface area (Å²) in [6, 6.07) is 17.7. The molecule has 0 aliphatic rings. The second kappa shape index (κ2) is 7.47. The molecule has 0 fully saturated rings. The molecule has 2 heterocycles. The van der Waals surface area contributed by atoms with Crippen molar-refractivity contribution in [3.63, 3.8) is 0 Å². The molecule has 0 aliphatic carbocycles. The van der Waals surface area contributed by atoms with Crippen molar-refractivity contribution in [2.45, 2.75) is 6.42 Å². The van der Waals surface area contributed by atoms with E-state index < -0.39 is 0 Å². The van der Waals surface area contributed by atoms with Gasteiger partial charge in [0.15, 0.2) is 5.76 Å². The molecule has 4 rings (SSSR count). The van der Waals surface area contributed by atoms with Gasteiger partial charge in [0.25, 0.3) is 5.91 Å². The average molecular weight is 380 g/mol. The predicted octanol–water partition coefficient (Wildman–Crippen LogP) is 4.83. The highest BCUT2D eigenvalue weighted by Crippen LogP contribution is 2.22. The first-order valence-corrected chi connectivity index (χ1v) is 8.58. The Kier molecular flexibility index (Phi) is 4.72. The summed E-state index contributed by atoms with van der Waals surface area (Å²) in [6.45, 7) is 0. The van der Waals surface area contributed by atoms with Gasteiger partial charge in [0.1, 0.15) is 0 Å². The molecule has 0 unspecified atom stereocenters. The maximum atomic E-state index is 12.5. The van der Waals surface area contributed by atoms with Crippen LogP contribution >= 0.6 is 11.6 Å². The van der Waals surface area contributed by atoms with Gasteiger partial charge in [-0.2, -0.15) is 4.98 Å². The van der Waals surface area contributed by atoms with Crippen LogP contribution < -0.4 is 5.32 Å². The summed E-state index contributed by atoms with van der Waals surface area (Å²) < 4.78 is 10.6. The minimum absolute atomic E-state index is 0.244. The van der Waals surface area contributed by atoms with Crippen LogP contribution in [-0.2, 0) is 6.42 Å². The molecule has 0 spiro atoms. The number of para-hydroxylation sites is 1. The van der Waals surface area contributed by atoms with E-state index in [4.69, 9.17) is 20.5 Å². The van der Waals surface area contributed by atoms with Crippen molar-refractivity contribution in [3.05, 3.63) is 89.0 Å². The summed E-state index contributed by atoms with van der Waals surface area (Å²) >= 11 is 5.96. The molecule has 7 heteroatoms. The lowest BCUT2D eigenvalue weighted by Gasteiger charge is -2.10. The molecule has 0 atom stereocenters. The van der Waals surface area contributed by atoms with Crippen LogP contribution in [0.25, 0.3) is 11.6 Å². The second-order valence-corrected chi connectivity index (χ2v) is 6.22. The zero-order valence-electron chi connectivity index (χ0n) is 14.1. The van der Waals surface area contributed by atoms with Crippen LogP contribution in [0.3, 0.4) is 0 Å². The van der Waals surface area contributed by atoms with Crippen molar-refractivity contribution < 1.29 is 13.7 Å². The lowest BCUT2D eigenvalue weighted by Crippen LogP contribution is -2.13. The number of nitrogens with zero attached hydrogens (tertiary/aromatic N) is 2. The van der Waals surface area contributed by atoms with Gasteiger partial charge in [0, 0.05) is 16.3 Å². The first kappa shape index (κ1) is 17.1. The Labute approximate surface area is 159 Å². The molecular weight excluding hydrogens is 366 g/mol. The van der Waals surface area contributed by atoms with Crippen LogP contribution in [0.2, 0.25) is 5.02 Å². The standard InChI is InChI=1S/C20H14ClN3O3/c21-15-7-3-6-14(11-15)20(25)22-16-8-2-1-5-13(16)12-18-23-19(24-27-18)17-9-4-10-26-17/h1-11H,12H2,(H,22,25). The van der Waals surface area contributed by atoms with E-state index in [2.05, 4.69) is 15.5 Å². The molecule has 1 amide bonds. The third-order valence-corrected chi connectivity index (χ3v) is 4.14. The molecule has 4 aromatic rings. The van der Waals surface area contributed by atoms with E-state index in [9.17, 15) is 4.79 Å². The minimum Gasteiger partial charge on any atom is -0.461 e. The Balaban J connectivity index is 1.54. The minimum atomic E-state index is -0.244. The highest BCUT2D eigenvalue weighted by atomic mass is 35.5. The van der Waals surface area contributed by atoms with Crippen molar-refractivity contribution in [1.29, 1.82) is 0 Å². The van der Waals surface area contributed by atoms with E-state index in [1.54, 1.807) is 42.7 Å². The Morgan fingerprint density at radius 2 is 1.96 bits per heavy atom. The fourth-order valence-corrected chi connectivity index (χ4v) is 2.81. The molecule has 0 saturated carbocycles. The molecule has 1 N–H and O–H groups in total. The number of benzene rings is 2. The van der Waals surface area contributed by atoms with Gasteiger partial charge in [-0.25, -0.2) is 0 Å². The molecule has 27 heavy (non-hydrogen) atoms. The summed E-state index contributed by atoms with van der Waals surface area (Å²) in [7, 11) is 0. The van der Waals surface area contributed by atoms with Gasteiger partial charge in [-0.15, -0.1) is 0 Å². The van der Waals surface area contributed by atoms with Gasteiger partial charge in [-0.1, -0.05) is 41.0 Å². The van der Waals surface area contributed by atoms with E-state index in [1.165, 1.54) is 0 Å². The number of aromatic nitrogens is 2. The SMILES string of the molecule is O=C(Nc1ccccc1Cc1nc(-c2ccco2)no1)c1cccc(Cl)c1. The molecule has 0 radical (unpaired) electrons. The van der Waals surface area contributed by atoms with Crippen LogP contribution in [0.5, 0.6) is 0 Å². The Bertz CT molecular complexity index is 1070. The van der Waals surface area contributed by atoms with Crippen molar-refractivity contribution in [1.82, 2.24) is 10.1 Å². The molecule has 134 valence electrons. The molecule has 0 saturated heterocycles. The van der Waals surface area contributed by atoms with E-state index in [1.807, 2.05) is 24.3 Å². The van der Waals surface area contributed by atoms with Crippen molar-refractivity contribution in [2.75, 3.05) is 5.32 Å². The van der Waals surface area contributed by atoms with Crippen LogP contribution in [0.15, 0.2) is 75.9 Å². The van der Waals surface area contributed by atoms with E-state index in [0.717, 1.165) is 5.56 Å². The number of hydrogen-bond donors (Lipinski definition) is 1. The summed E-state index contributed by atoms with van der Waals surface area (Å²) in [4.78, 5) is 16.8. The molecule has 2 aromatic heterocycles. The first-order chi connectivity index (χ1) is 13.2. The van der Waals surface area contributed by atoms with Gasteiger partial charge in [0.2, 0.25) is 11.7 Å². The molecule has 0 aliphatic heterocycles. The number of carbonyl (C=O) groups excluding carboxylic acids is 1. The molecular formula is C20H14ClN3O3. The summed E-state index contributed by atoms with van der Waals surface area (Å²) in [5, 5.41) is 7.33. The van der Waals surface area contributed by atoms with Gasteiger partial charge >= 0.3 is 0 Å². The Hall–Kier alpha value is -3.38. The predicted molar refractivity (Wildman–Crippen MR) is 101 cm³/mol.